The number of benzene rings is 1. The van der Waals surface area contributed by atoms with Gasteiger partial charge < -0.3 is 9.84 Å². The molecule has 1 unspecified atom stereocenters. The molecule has 2 nitrogen and oxygen atoms in total. The van der Waals surface area contributed by atoms with Gasteiger partial charge in [0.15, 0.2) is 5.75 Å². The van der Waals surface area contributed by atoms with Crippen molar-refractivity contribution in [2.24, 2.45) is 0 Å². The number of para-hydroxylation sites is 1. The lowest BCUT2D eigenvalue weighted by molar-refractivity contribution is 0.113. The fourth-order valence-corrected chi connectivity index (χ4v) is 1.50. The van der Waals surface area contributed by atoms with E-state index in [1.165, 1.54) is 0 Å². The molecular formula is C10H12Cl2O2. The molecule has 0 bridgehead atoms. The van der Waals surface area contributed by atoms with Crippen molar-refractivity contribution in [3.8, 4) is 5.75 Å². The Bertz CT molecular complexity index is 278. The first kappa shape index (κ1) is 11.6. The molecule has 14 heavy (non-hydrogen) atoms. The maximum Gasteiger partial charge on any atom is 0.157 e. The molecule has 0 aliphatic carbocycles. The molecule has 0 aliphatic rings. The van der Waals surface area contributed by atoms with Crippen LogP contribution >= 0.6 is 23.2 Å². The maximum absolute atomic E-state index is 8.96. The van der Waals surface area contributed by atoms with Crippen LogP contribution < -0.4 is 4.74 Å². The molecule has 0 amide bonds. The van der Waals surface area contributed by atoms with Gasteiger partial charge in [-0.05, 0) is 18.6 Å². The van der Waals surface area contributed by atoms with E-state index in [-0.39, 0.29) is 12.7 Å². The van der Waals surface area contributed by atoms with Crippen molar-refractivity contribution in [1.29, 1.82) is 0 Å². The van der Waals surface area contributed by atoms with Crippen molar-refractivity contribution in [2.75, 3.05) is 6.61 Å². The van der Waals surface area contributed by atoms with Crippen molar-refractivity contribution in [1.82, 2.24) is 0 Å². The molecule has 1 rings (SSSR count). The predicted molar refractivity (Wildman–Crippen MR) is 58.3 cm³/mol. The Kier molecular flexibility index (Phi) is 4.52. The highest BCUT2D eigenvalue weighted by atomic mass is 35.5. The Morgan fingerprint density at radius 3 is 2.36 bits per heavy atom. The van der Waals surface area contributed by atoms with Gasteiger partial charge in [0.05, 0.1) is 16.7 Å². The zero-order valence-electron chi connectivity index (χ0n) is 7.84. The summed E-state index contributed by atoms with van der Waals surface area (Å²) >= 11 is 11.8. The molecule has 1 aromatic carbocycles. The van der Waals surface area contributed by atoms with Gasteiger partial charge in [-0.25, -0.2) is 0 Å². The third kappa shape index (κ3) is 2.77. The number of aliphatic hydroxyl groups excluding tert-OH is 1. The van der Waals surface area contributed by atoms with E-state index in [0.717, 1.165) is 0 Å². The van der Waals surface area contributed by atoms with Crippen LogP contribution in [0, 0.1) is 0 Å². The zero-order valence-corrected chi connectivity index (χ0v) is 9.35. The van der Waals surface area contributed by atoms with Crippen molar-refractivity contribution in [3.63, 3.8) is 0 Å². The number of aliphatic hydroxyl groups is 1. The number of rotatable bonds is 4. The molecule has 0 saturated heterocycles. The first-order chi connectivity index (χ1) is 6.69. The molecule has 4 heteroatoms. The van der Waals surface area contributed by atoms with Crippen molar-refractivity contribution >= 4 is 23.2 Å². The summed E-state index contributed by atoms with van der Waals surface area (Å²) in [4.78, 5) is 0. The van der Waals surface area contributed by atoms with Gasteiger partial charge in [0, 0.05) is 0 Å². The van der Waals surface area contributed by atoms with E-state index in [1.54, 1.807) is 18.2 Å². The first-order valence-electron chi connectivity index (χ1n) is 4.40. The number of hydrogen-bond donors (Lipinski definition) is 1. The van der Waals surface area contributed by atoms with Gasteiger partial charge in [0.2, 0.25) is 0 Å². The van der Waals surface area contributed by atoms with Crippen LogP contribution in [0.4, 0.5) is 0 Å². The van der Waals surface area contributed by atoms with E-state index >= 15 is 0 Å². The van der Waals surface area contributed by atoms with Gasteiger partial charge in [0.1, 0.15) is 6.10 Å². The fraction of sp³-hybridized carbons (Fsp3) is 0.400. The Morgan fingerprint density at radius 1 is 1.36 bits per heavy atom. The van der Waals surface area contributed by atoms with Crippen molar-refractivity contribution in [3.05, 3.63) is 28.2 Å². The molecular weight excluding hydrogens is 223 g/mol. The van der Waals surface area contributed by atoms with Crippen LogP contribution in [0.2, 0.25) is 10.0 Å². The van der Waals surface area contributed by atoms with Crippen LogP contribution in [-0.2, 0) is 0 Å². The van der Waals surface area contributed by atoms with Crippen LogP contribution in [-0.4, -0.2) is 17.8 Å². The van der Waals surface area contributed by atoms with Crippen molar-refractivity contribution in [2.45, 2.75) is 19.4 Å². The van der Waals surface area contributed by atoms with Gasteiger partial charge in [-0.3, -0.25) is 0 Å². The molecule has 1 atom stereocenters. The largest absolute Gasteiger partial charge is 0.485 e. The third-order valence-corrected chi connectivity index (χ3v) is 2.46. The molecule has 0 aliphatic heterocycles. The molecule has 0 radical (unpaired) electrons. The third-order valence-electron chi connectivity index (χ3n) is 1.86. The van der Waals surface area contributed by atoms with Crippen LogP contribution in [0.25, 0.3) is 0 Å². The number of hydrogen-bond acceptors (Lipinski definition) is 2. The van der Waals surface area contributed by atoms with Crippen LogP contribution in [0.3, 0.4) is 0 Å². The monoisotopic (exact) mass is 234 g/mol. The molecule has 1 N–H and O–H groups in total. The summed E-state index contributed by atoms with van der Waals surface area (Å²) in [7, 11) is 0. The predicted octanol–water partition coefficient (Wildman–Crippen LogP) is 3.14. The number of ether oxygens (including phenoxy) is 1. The Hall–Kier alpha value is -0.440. The van der Waals surface area contributed by atoms with Gasteiger partial charge >= 0.3 is 0 Å². The molecule has 0 saturated carbocycles. The Balaban J connectivity index is 2.84. The van der Waals surface area contributed by atoms with E-state index in [9.17, 15) is 0 Å². The molecule has 0 fully saturated rings. The van der Waals surface area contributed by atoms with E-state index in [4.69, 9.17) is 33.0 Å². The summed E-state index contributed by atoms with van der Waals surface area (Å²) in [5, 5.41) is 9.88. The molecule has 0 heterocycles. The molecule has 0 spiro atoms. The summed E-state index contributed by atoms with van der Waals surface area (Å²) in [6.45, 7) is 1.88. The summed E-state index contributed by atoms with van der Waals surface area (Å²) in [5.41, 5.74) is 0. The quantitative estimate of drug-likeness (QED) is 0.868. The van der Waals surface area contributed by atoms with E-state index in [0.29, 0.717) is 22.2 Å². The van der Waals surface area contributed by atoms with Gasteiger partial charge in [-0.2, -0.15) is 0 Å². The Morgan fingerprint density at radius 2 is 1.93 bits per heavy atom. The first-order valence-corrected chi connectivity index (χ1v) is 5.16. The van der Waals surface area contributed by atoms with Crippen LogP contribution in [0.1, 0.15) is 13.3 Å². The SMILES string of the molecule is CCC(CO)Oc1c(Cl)cccc1Cl. The topological polar surface area (TPSA) is 29.5 Å². The summed E-state index contributed by atoms with van der Waals surface area (Å²) in [6, 6.07) is 5.15. The van der Waals surface area contributed by atoms with Gasteiger partial charge in [-0.1, -0.05) is 36.2 Å². The van der Waals surface area contributed by atoms with Crippen LogP contribution in [0.5, 0.6) is 5.75 Å². The zero-order chi connectivity index (χ0) is 10.6. The average Bonchev–Trinajstić information content (AvgIpc) is 2.18. The van der Waals surface area contributed by atoms with Crippen molar-refractivity contribution < 1.29 is 9.84 Å². The molecule has 78 valence electrons. The Labute approximate surface area is 93.4 Å². The minimum Gasteiger partial charge on any atom is -0.485 e. The minimum absolute atomic E-state index is 0.0436. The van der Waals surface area contributed by atoms with E-state index in [1.807, 2.05) is 6.92 Å². The molecule has 0 aromatic heterocycles. The minimum atomic E-state index is -0.257. The second-order valence-electron chi connectivity index (χ2n) is 2.88. The average molecular weight is 235 g/mol. The number of halogens is 2. The normalized spacial score (nSPS) is 12.6. The highest BCUT2D eigenvalue weighted by molar-refractivity contribution is 6.37. The van der Waals surface area contributed by atoms with Gasteiger partial charge in [-0.15, -0.1) is 0 Å². The second kappa shape index (κ2) is 5.44. The highest BCUT2D eigenvalue weighted by Gasteiger charge is 2.12. The second-order valence-corrected chi connectivity index (χ2v) is 3.70. The standard InChI is InChI=1S/C10H12Cl2O2/c1-2-7(6-13)14-10-8(11)4-3-5-9(10)12/h3-5,7,13H,2,6H2,1H3. The van der Waals surface area contributed by atoms with Gasteiger partial charge in [0.25, 0.3) is 0 Å². The summed E-state index contributed by atoms with van der Waals surface area (Å²) in [5.74, 6) is 0.441. The maximum atomic E-state index is 8.96. The smallest absolute Gasteiger partial charge is 0.157 e. The van der Waals surface area contributed by atoms with Crippen LogP contribution in [0.15, 0.2) is 18.2 Å². The highest BCUT2D eigenvalue weighted by Crippen LogP contribution is 2.33. The lowest BCUT2D eigenvalue weighted by Gasteiger charge is -2.16. The summed E-state index contributed by atoms with van der Waals surface area (Å²) < 4.78 is 5.46. The van der Waals surface area contributed by atoms with E-state index < -0.39 is 0 Å². The molecule has 1 aromatic rings. The fourth-order valence-electron chi connectivity index (χ4n) is 1.01. The van der Waals surface area contributed by atoms with E-state index in [2.05, 4.69) is 0 Å². The lowest BCUT2D eigenvalue weighted by Crippen LogP contribution is -2.20. The summed E-state index contributed by atoms with van der Waals surface area (Å²) in [6.07, 6.45) is 0.449. The lowest BCUT2D eigenvalue weighted by atomic mass is 10.3.